The van der Waals surface area contributed by atoms with Crippen molar-refractivity contribution in [2.75, 3.05) is 13.7 Å². The smallest absolute Gasteiger partial charge is 0.312 e. The quantitative estimate of drug-likeness (QED) is 0.349. The van der Waals surface area contributed by atoms with Gasteiger partial charge in [0.2, 0.25) is 0 Å². The van der Waals surface area contributed by atoms with Crippen LogP contribution in [0.2, 0.25) is 0 Å². The lowest BCUT2D eigenvalue weighted by Gasteiger charge is -2.69. The lowest BCUT2D eigenvalue weighted by Crippen LogP contribution is -2.66. The Morgan fingerprint density at radius 2 is 1.72 bits per heavy atom. The minimum Gasteiger partial charge on any atom is -0.469 e. The van der Waals surface area contributed by atoms with E-state index in [2.05, 4.69) is 60.6 Å². The summed E-state index contributed by atoms with van der Waals surface area (Å²) in [5.74, 6) is 0.581. The van der Waals surface area contributed by atoms with E-state index in [1.54, 1.807) is 0 Å². The van der Waals surface area contributed by atoms with E-state index in [-0.39, 0.29) is 57.3 Å². The van der Waals surface area contributed by atoms with Crippen molar-refractivity contribution in [3.63, 3.8) is 0 Å². The van der Waals surface area contributed by atoms with Gasteiger partial charge in [-0.2, -0.15) is 0 Å². The van der Waals surface area contributed by atoms with Gasteiger partial charge in [0.1, 0.15) is 0 Å². The van der Waals surface area contributed by atoms with E-state index in [1.165, 1.54) is 12.7 Å². The van der Waals surface area contributed by atoms with Crippen molar-refractivity contribution in [2.24, 2.45) is 56.2 Å². The molecule has 0 bridgehead atoms. The van der Waals surface area contributed by atoms with E-state index in [4.69, 9.17) is 4.74 Å². The molecule has 0 radical (unpaired) electrons. The Hall–Kier alpha value is -1.42. The highest BCUT2D eigenvalue weighted by atomic mass is 16.5. The number of esters is 1. The van der Waals surface area contributed by atoms with E-state index in [0.717, 1.165) is 44.9 Å². The highest BCUT2D eigenvalue weighted by molar-refractivity contribution is 5.96. The van der Waals surface area contributed by atoms with Crippen LogP contribution in [0, 0.1) is 56.2 Å². The van der Waals surface area contributed by atoms with Crippen LogP contribution in [-0.4, -0.2) is 30.6 Å². The molecule has 4 heteroatoms. The Morgan fingerprint density at radius 3 is 2.36 bits per heavy atom. The highest BCUT2D eigenvalue weighted by Gasteiger charge is 2.70. The average molecular weight is 497 g/mol. The first-order valence-electron chi connectivity index (χ1n) is 14.3. The number of hydrogen-bond donors (Lipinski definition) is 1. The van der Waals surface area contributed by atoms with Crippen molar-refractivity contribution in [1.82, 2.24) is 0 Å². The summed E-state index contributed by atoms with van der Waals surface area (Å²) in [7, 11) is 1.51. The first-order chi connectivity index (χ1) is 16.7. The molecule has 0 amide bonds. The van der Waals surface area contributed by atoms with Crippen LogP contribution in [0.15, 0.2) is 23.8 Å². The first kappa shape index (κ1) is 26.2. The van der Waals surface area contributed by atoms with Gasteiger partial charge in [-0.25, -0.2) is 0 Å². The van der Waals surface area contributed by atoms with Gasteiger partial charge >= 0.3 is 5.97 Å². The third-order valence-corrected chi connectivity index (χ3v) is 13.1. The summed E-state index contributed by atoms with van der Waals surface area (Å²) in [6.07, 6.45) is 13.1. The van der Waals surface area contributed by atoms with Crippen LogP contribution in [0.1, 0.15) is 93.4 Å². The topological polar surface area (TPSA) is 63.6 Å². The summed E-state index contributed by atoms with van der Waals surface area (Å²) in [4.78, 5) is 27.7. The number of allylic oxidation sites excluding steroid dienone is 4. The van der Waals surface area contributed by atoms with Gasteiger partial charge in [0, 0.05) is 23.4 Å². The van der Waals surface area contributed by atoms with E-state index in [9.17, 15) is 14.7 Å². The van der Waals surface area contributed by atoms with Crippen LogP contribution < -0.4 is 0 Å². The van der Waals surface area contributed by atoms with Crippen LogP contribution in [0.4, 0.5) is 0 Å². The summed E-state index contributed by atoms with van der Waals surface area (Å²) in [6.45, 7) is 16.3. The molecule has 3 saturated carbocycles. The third-order valence-electron chi connectivity index (χ3n) is 13.1. The monoisotopic (exact) mass is 496 g/mol. The zero-order valence-electron chi connectivity index (χ0n) is 23.9. The number of fused-ring (bicyclic) bond motifs is 7. The van der Waals surface area contributed by atoms with Crippen molar-refractivity contribution in [1.29, 1.82) is 0 Å². The molecule has 5 aliphatic carbocycles. The number of methoxy groups -OCH3 is 1. The minimum atomic E-state index is -0.539. The second-order valence-electron chi connectivity index (χ2n) is 15.0. The number of aliphatic hydroxyl groups excluding tert-OH is 1. The summed E-state index contributed by atoms with van der Waals surface area (Å²) in [5.41, 5.74) is 0.0730. The van der Waals surface area contributed by atoms with Gasteiger partial charge in [0.05, 0.1) is 12.5 Å². The Balaban J connectivity index is 1.67. The molecule has 0 unspecified atom stereocenters. The highest BCUT2D eigenvalue weighted by Crippen LogP contribution is 2.74. The maximum absolute atomic E-state index is 14.4. The molecule has 0 spiro atoms. The lowest BCUT2D eigenvalue weighted by molar-refractivity contribution is -0.191. The van der Waals surface area contributed by atoms with Gasteiger partial charge in [-0.1, -0.05) is 66.2 Å². The second-order valence-corrected chi connectivity index (χ2v) is 15.0. The Labute approximate surface area is 218 Å². The van der Waals surface area contributed by atoms with Crippen molar-refractivity contribution in [3.8, 4) is 0 Å². The van der Waals surface area contributed by atoms with E-state index in [1.807, 2.05) is 6.08 Å². The molecule has 0 heterocycles. The van der Waals surface area contributed by atoms with Crippen molar-refractivity contribution < 1.29 is 19.4 Å². The van der Waals surface area contributed by atoms with E-state index in [0.29, 0.717) is 11.8 Å². The molecule has 1 N–H and O–H groups in total. The number of ether oxygens (including phenoxy) is 1. The van der Waals surface area contributed by atoms with Gasteiger partial charge in [-0.3, -0.25) is 9.59 Å². The third kappa shape index (κ3) is 3.03. The summed E-state index contributed by atoms with van der Waals surface area (Å²) in [5, 5.41) is 10.5. The molecule has 36 heavy (non-hydrogen) atoms. The predicted molar refractivity (Wildman–Crippen MR) is 142 cm³/mol. The second kappa shape index (κ2) is 7.80. The molecule has 0 aromatic rings. The van der Waals surface area contributed by atoms with Crippen LogP contribution in [0.5, 0.6) is 0 Å². The molecule has 9 atom stereocenters. The van der Waals surface area contributed by atoms with Gasteiger partial charge in [-0.15, -0.1) is 0 Å². The number of rotatable bonds is 2. The fourth-order valence-electron chi connectivity index (χ4n) is 10.3. The van der Waals surface area contributed by atoms with Gasteiger partial charge in [0.25, 0.3) is 0 Å². The Morgan fingerprint density at radius 1 is 1.06 bits per heavy atom. The minimum absolute atomic E-state index is 0.0183. The lowest BCUT2D eigenvalue weighted by atomic mass is 9.34. The molecule has 5 rings (SSSR count). The first-order valence-corrected chi connectivity index (χ1v) is 14.3. The molecule has 0 aromatic carbocycles. The number of carbonyl (C=O) groups excluding carboxylic acids is 2. The maximum atomic E-state index is 14.4. The molecule has 200 valence electrons. The van der Waals surface area contributed by atoms with Crippen LogP contribution >= 0.6 is 0 Å². The Kier molecular flexibility index (Phi) is 5.68. The van der Waals surface area contributed by atoms with E-state index < -0.39 is 5.41 Å². The van der Waals surface area contributed by atoms with E-state index >= 15 is 0 Å². The Bertz CT molecular complexity index is 1040. The van der Waals surface area contributed by atoms with Crippen molar-refractivity contribution in [2.45, 2.75) is 93.4 Å². The molecular formula is C32H48O4. The number of hydrogen-bond acceptors (Lipinski definition) is 4. The summed E-state index contributed by atoms with van der Waals surface area (Å²) < 4.78 is 5.43. The van der Waals surface area contributed by atoms with Gasteiger partial charge < -0.3 is 9.84 Å². The molecular weight excluding hydrogens is 448 g/mol. The predicted octanol–water partition coefficient (Wildman–Crippen LogP) is 6.52. The number of ketones is 1. The molecule has 0 saturated heterocycles. The fourth-order valence-corrected chi connectivity index (χ4v) is 10.3. The SMILES string of the molecule is COC(=O)[C@]12CCC(C)(C)C[C@H]1[C@H]1C(=O)C=C3[C@@]4(C)C=C[C@H](C)[C@@](C)(CO)[C@@H]4CC[C@@]3(C)[C@]1(C)CC2. The van der Waals surface area contributed by atoms with Crippen molar-refractivity contribution in [3.05, 3.63) is 23.8 Å². The average Bonchev–Trinajstić information content (AvgIpc) is 2.82. The zero-order chi connectivity index (χ0) is 26.5. The molecule has 3 fully saturated rings. The normalized spacial score (nSPS) is 51.2. The standard InChI is InChI=1S/C32H48O4/c1-20-9-11-28(4)23(29(20,5)19-33)10-12-30(6)24(28)17-22(34)25-21-18-27(2,3)13-15-32(21,26(35)36-8)16-14-31(25,30)7/h9,11,17,20-21,23,25,33H,10,12-16,18-19H2,1-8H3/t20-,21-,23+,25-,28-,29+,30+,31+,32-/m0/s1. The molecule has 0 aromatic heterocycles. The van der Waals surface area contributed by atoms with Gasteiger partial charge in [-0.05, 0) is 85.0 Å². The molecule has 4 nitrogen and oxygen atoms in total. The number of carbonyl (C=O) groups is 2. The largest absolute Gasteiger partial charge is 0.469 e. The summed E-state index contributed by atoms with van der Waals surface area (Å²) >= 11 is 0. The zero-order valence-corrected chi connectivity index (χ0v) is 23.9. The molecule has 5 aliphatic rings. The maximum Gasteiger partial charge on any atom is 0.312 e. The van der Waals surface area contributed by atoms with Crippen molar-refractivity contribution >= 4 is 11.8 Å². The summed E-state index contributed by atoms with van der Waals surface area (Å²) in [6, 6.07) is 0. The molecule has 0 aliphatic heterocycles. The van der Waals surface area contributed by atoms with Crippen LogP contribution in [0.25, 0.3) is 0 Å². The fraction of sp³-hybridized carbons (Fsp3) is 0.812. The van der Waals surface area contributed by atoms with Crippen LogP contribution in [0.3, 0.4) is 0 Å². The van der Waals surface area contributed by atoms with Gasteiger partial charge in [0.15, 0.2) is 5.78 Å². The van der Waals surface area contributed by atoms with Crippen LogP contribution in [-0.2, 0) is 14.3 Å². The number of aliphatic hydroxyl groups is 1.